The second-order valence-corrected chi connectivity index (χ2v) is 7.57. The van der Waals surface area contributed by atoms with E-state index >= 15 is 0 Å². The molecule has 0 saturated heterocycles. The van der Waals surface area contributed by atoms with Crippen LogP contribution >= 0.6 is 0 Å². The van der Waals surface area contributed by atoms with Crippen molar-refractivity contribution in [2.24, 2.45) is 17.6 Å². The van der Waals surface area contributed by atoms with Crippen molar-refractivity contribution in [2.45, 2.75) is 51.1 Å². The molecule has 25 heavy (non-hydrogen) atoms. The second-order valence-electron chi connectivity index (χ2n) is 7.57. The molecule has 3 N–H and O–H groups in total. The normalized spacial score (nSPS) is 28.7. The number of carbonyl (C=O) groups is 1. The van der Waals surface area contributed by atoms with Crippen LogP contribution in [0.5, 0.6) is 0 Å². The fourth-order valence-corrected chi connectivity index (χ4v) is 4.82. The number of rotatable bonds is 2. The average Bonchev–Trinajstić information content (AvgIpc) is 2.55. The minimum Gasteiger partial charge on any atom is -0.422 e. The van der Waals surface area contributed by atoms with Crippen molar-refractivity contribution in [3.63, 3.8) is 0 Å². The summed E-state index contributed by atoms with van der Waals surface area (Å²) in [5.41, 5.74) is 6.93. The Bertz CT molecular complexity index is 859. The third-order valence-corrected chi connectivity index (χ3v) is 5.97. The van der Waals surface area contributed by atoms with Gasteiger partial charge in [0.05, 0.1) is 0 Å². The van der Waals surface area contributed by atoms with Crippen LogP contribution in [0.15, 0.2) is 33.5 Å². The van der Waals surface area contributed by atoms with Crippen molar-refractivity contribution in [3.8, 4) is 0 Å². The highest BCUT2D eigenvalue weighted by atomic mass is 16.4. The first-order valence-electron chi connectivity index (χ1n) is 9.13. The lowest BCUT2D eigenvalue weighted by molar-refractivity contribution is 0.0752. The number of nitrogens with one attached hydrogen (secondary N) is 1. The Labute approximate surface area is 146 Å². The topological polar surface area (TPSA) is 85.3 Å². The van der Waals surface area contributed by atoms with Crippen LogP contribution in [0.3, 0.4) is 0 Å². The highest BCUT2D eigenvalue weighted by Crippen LogP contribution is 2.39. The first-order chi connectivity index (χ1) is 12.0. The van der Waals surface area contributed by atoms with Crippen molar-refractivity contribution >= 4 is 16.9 Å². The quantitative estimate of drug-likeness (QED) is 0.823. The van der Waals surface area contributed by atoms with Gasteiger partial charge in [-0.3, -0.25) is 4.79 Å². The summed E-state index contributed by atoms with van der Waals surface area (Å²) < 4.78 is 5.36. The van der Waals surface area contributed by atoms with Gasteiger partial charge < -0.3 is 15.5 Å². The molecule has 2 atom stereocenters. The Balaban J connectivity index is 1.66. The van der Waals surface area contributed by atoms with Crippen molar-refractivity contribution in [3.05, 3.63) is 45.8 Å². The summed E-state index contributed by atoms with van der Waals surface area (Å²) in [6, 6.07) is 7.67. The largest absolute Gasteiger partial charge is 0.422 e. The highest BCUT2D eigenvalue weighted by molar-refractivity contribution is 5.99. The standard InChI is InChI=1S/C20H24N2O3/c1-11-15-7-2-3-8-16(15)25-20(24)17(11)19(23)22-18-12-5-4-6-13(18)10-14(21)9-12/h2-3,7-8,12-14,18H,4-6,9-10,21H2,1H3,(H,22,23). The number of hydrogen-bond acceptors (Lipinski definition) is 4. The van der Waals surface area contributed by atoms with Crippen molar-refractivity contribution in [1.29, 1.82) is 0 Å². The average molecular weight is 340 g/mol. The lowest BCUT2D eigenvalue weighted by Crippen LogP contribution is -2.54. The molecular weight excluding hydrogens is 316 g/mol. The van der Waals surface area contributed by atoms with Crippen molar-refractivity contribution in [1.82, 2.24) is 5.32 Å². The fraction of sp³-hybridized carbons (Fsp3) is 0.500. The number of para-hydroxylation sites is 1. The maximum atomic E-state index is 12.9. The van der Waals surface area contributed by atoms with Gasteiger partial charge in [0.25, 0.3) is 5.91 Å². The van der Waals surface area contributed by atoms with Gasteiger partial charge in [0.1, 0.15) is 11.1 Å². The molecule has 1 aromatic heterocycles. The Kier molecular flexibility index (Phi) is 4.12. The summed E-state index contributed by atoms with van der Waals surface area (Å²) in [7, 11) is 0. The van der Waals surface area contributed by atoms with Crippen LogP contribution in [-0.2, 0) is 0 Å². The third kappa shape index (κ3) is 2.86. The zero-order valence-corrected chi connectivity index (χ0v) is 14.5. The molecule has 4 rings (SSSR count). The van der Waals surface area contributed by atoms with Crippen molar-refractivity contribution in [2.75, 3.05) is 0 Å². The van der Waals surface area contributed by atoms with Crippen LogP contribution in [0.2, 0.25) is 0 Å². The van der Waals surface area contributed by atoms with E-state index < -0.39 is 5.63 Å². The maximum absolute atomic E-state index is 12.9. The number of aryl methyl sites for hydroxylation is 1. The molecule has 0 spiro atoms. The molecule has 5 nitrogen and oxygen atoms in total. The summed E-state index contributed by atoms with van der Waals surface area (Å²) in [4.78, 5) is 25.3. The minimum atomic E-state index is -0.564. The Morgan fingerprint density at radius 2 is 1.88 bits per heavy atom. The molecule has 0 aliphatic heterocycles. The van der Waals surface area contributed by atoms with Gasteiger partial charge in [-0.15, -0.1) is 0 Å². The second kappa shape index (κ2) is 6.30. The molecule has 2 aromatic rings. The van der Waals surface area contributed by atoms with Crippen LogP contribution in [0.25, 0.3) is 11.0 Å². The predicted molar refractivity (Wildman–Crippen MR) is 96.5 cm³/mol. The van der Waals surface area contributed by atoms with Gasteiger partial charge in [-0.25, -0.2) is 4.79 Å². The predicted octanol–water partition coefficient (Wildman–Crippen LogP) is 2.74. The SMILES string of the molecule is Cc1c(C(=O)NC2C3CCCC2CC(N)C3)c(=O)oc2ccccc12. The van der Waals surface area contributed by atoms with Gasteiger partial charge in [-0.05, 0) is 56.1 Å². The lowest BCUT2D eigenvalue weighted by Gasteiger charge is -2.45. The number of carbonyl (C=O) groups excluding carboxylic acids is 1. The van der Waals surface area contributed by atoms with E-state index in [0.717, 1.165) is 31.1 Å². The van der Waals surface area contributed by atoms with E-state index in [0.29, 0.717) is 23.0 Å². The molecule has 2 fully saturated rings. The number of amides is 1. The molecule has 1 heterocycles. The van der Waals surface area contributed by atoms with E-state index in [2.05, 4.69) is 5.32 Å². The summed E-state index contributed by atoms with van der Waals surface area (Å²) >= 11 is 0. The molecule has 0 radical (unpaired) electrons. The molecule has 2 aliphatic rings. The Morgan fingerprint density at radius 1 is 1.20 bits per heavy atom. The zero-order valence-electron chi connectivity index (χ0n) is 14.5. The molecule has 2 aliphatic carbocycles. The fourth-order valence-electron chi connectivity index (χ4n) is 4.82. The molecule has 132 valence electrons. The van der Waals surface area contributed by atoms with Crippen LogP contribution < -0.4 is 16.7 Å². The summed E-state index contributed by atoms with van der Waals surface area (Å²) in [6.45, 7) is 1.81. The van der Waals surface area contributed by atoms with E-state index in [9.17, 15) is 9.59 Å². The van der Waals surface area contributed by atoms with Crippen molar-refractivity contribution < 1.29 is 9.21 Å². The highest BCUT2D eigenvalue weighted by Gasteiger charge is 2.40. The number of hydrogen-bond donors (Lipinski definition) is 2. The molecule has 5 heteroatoms. The van der Waals surface area contributed by atoms with E-state index in [1.807, 2.05) is 25.1 Å². The smallest absolute Gasteiger partial charge is 0.349 e. The minimum absolute atomic E-state index is 0.117. The molecule has 1 amide bonds. The first kappa shape index (κ1) is 16.3. The van der Waals surface area contributed by atoms with Gasteiger partial charge >= 0.3 is 5.63 Å². The first-order valence-corrected chi connectivity index (χ1v) is 9.13. The maximum Gasteiger partial charge on any atom is 0.349 e. The summed E-state index contributed by atoms with van der Waals surface area (Å²) in [5.74, 6) is 0.521. The van der Waals surface area contributed by atoms with Gasteiger partial charge in [0.2, 0.25) is 0 Å². The lowest BCUT2D eigenvalue weighted by atomic mass is 9.67. The van der Waals surface area contributed by atoms with E-state index in [4.69, 9.17) is 10.2 Å². The molecule has 2 saturated carbocycles. The molecule has 2 unspecified atom stereocenters. The number of fused-ring (bicyclic) bond motifs is 3. The van der Waals surface area contributed by atoms with E-state index in [1.54, 1.807) is 6.07 Å². The third-order valence-electron chi connectivity index (χ3n) is 5.97. The van der Waals surface area contributed by atoms with Gasteiger partial charge in [-0.1, -0.05) is 24.6 Å². The summed E-state index contributed by atoms with van der Waals surface area (Å²) in [6.07, 6.45) is 5.30. The van der Waals surface area contributed by atoms with Crippen LogP contribution in [0.1, 0.15) is 48.0 Å². The number of benzene rings is 1. The zero-order chi connectivity index (χ0) is 17.6. The Hall–Kier alpha value is -2.14. The van der Waals surface area contributed by atoms with E-state index in [-0.39, 0.29) is 23.6 Å². The monoisotopic (exact) mass is 340 g/mol. The van der Waals surface area contributed by atoms with Crippen LogP contribution in [0.4, 0.5) is 0 Å². The van der Waals surface area contributed by atoms with Gasteiger partial charge in [0, 0.05) is 17.5 Å². The molecular formula is C20H24N2O3. The van der Waals surface area contributed by atoms with Crippen LogP contribution in [-0.4, -0.2) is 18.0 Å². The summed E-state index contributed by atoms with van der Waals surface area (Å²) in [5, 5.41) is 3.95. The van der Waals surface area contributed by atoms with Crippen LogP contribution in [0, 0.1) is 18.8 Å². The van der Waals surface area contributed by atoms with Gasteiger partial charge in [-0.2, -0.15) is 0 Å². The van der Waals surface area contributed by atoms with E-state index in [1.165, 1.54) is 6.42 Å². The Morgan fingerprint density at radius 3 is 2.60 bits per heavy atom. The molecule has 2 bridgehead atoms. The number of nitrogens with two attached hydrogens (primary N) is 1. The molecule has 1 aromatic carbocycles. The van der Waals surface area contributed by atoms with Gasteiger partial charge in [0.15, 0.2) is 0 Å².